The number of nitrogens with one attached hydrogen (secondary N) is 2. The monoisotopic (exact) mass is 383 g/mol. The number of nitrogens with zero attached hydrogens (tertiary/aromatic N) is 1. The molecule has 10 heteroatoms. The second kappa shape index (κ2) is 8.45. The van der Waals surface area contributed by atoms with Gasteiger partial charge < -0.3 is 0 Å². The van der Waals surface area contributed by atoms with Crippen LogP contribution in [0, 0.1) is 15.9 Å². The van der Waals surface area contributed by atoms with Crippen LogP contribution in [0.4, 0.5) is 10.1 Å². The van der Waals surface area contributed by atoms with Gasteiger partial charge in [0.25, 0.3) is 11.6 Å². The fraction of sp³-hybridized carbons (Fsp3) is 0.0667. The van der Waals surface area contributed by atoms with E-state index in [0.717, 1.165) is 23.9 Å². The minimum absolute atomic E-state index is 0.0330. The maximum atomic E-state index is 13.4. The molecule has 0 aliphatic rings. The second-order valence-electron chi connectivity index (χ2n) is 4.64. The van der Waals surface area contributed by atoms with Gasteiger partial charge in [0.1, 0.15) is 5.82 Å². The van der Waals surface area contributed by atoms with E-state index in [-0.39, 0.29) is 22.0 Å². The summed E-state index contributed by atoms with van der Waals surface area (Å²) in [5.41, 5.74) is 4.01. The van der Waals surface area contributed by atoms with E-state index in [9.17, 15) is 24.1 Å². The molecule has 0 spiro atoms. The molecular weight excluding hydrogens is 373 g/mol. The molecule has 0 aliphatic carbocycles. The van der Waals surface area contributed by atoms with Gasteiger partial charge in [-0.25, -0.2) is 4.39 Å². The molecule has 2 aromatic carbocycles. The van der Waals surface area contributed by atoms with E-state index in [2.05, 4.69) is 10.9 Å². The Morgan fingerprint density at radius 1 is 1.20 bits per heavy atom. The first-order valence-corrected chi connectivity index (χ1v) is 8.15. The number of hydrogen-bond acceptors (Lipinski definition) is 5. The third-order valence-electron chi connectivity index (χ3n) is 2.92. The highest BCUT2D eigenvalue weighted by molar-refractivity contribution is 8.00. The zero-order chi connectivity index (χ0) is 18.4. The SMILES string of the molecule is O=C(CSc1ccccc1F)NNC(=O)c1ccc([N+](=O)[O-])cc1Cl. The van der Waals surface area contributed by atoms with Crippen LogP contribution in [0.5, 0.6) is 0 Å². The van der Waals surface area contributed by atoms with E-state index in [1.165, 1.54) is 24.3 Å². The molecular formula is C15H11ClFN3O4S. The molecule has 0 unspecified atom stereocenters. The molecule has 2 amide bonds. The van der Waals surface area contributed by atoms with Crippen molar-refractivity contribution in [3.05, 3.63) is 69.0 Å². The molecule has 130 valence electrons. The molecule has 2 N–H and O–H groups in total. The summed E-state index contributed by atoms with van der Waals surface area (Å²) in [6, 6.07) is 9.31. The van der Waals surface area contributed by atoms with Crippen molar-refractivity contribution >= 4 is 40.9 Å². The Morgan fingerprint density at radius 2 is 1.92 bits per heavy atom. The van der Waals surface area contributed by atoms with Gasteiger partial charge in [0.15, 0.2) is 0 Å². The molecule has 2 aromatic rings. The third-order valence-corrected chi connectivity index (χ3v) is 4.28. The molecule has 0 fully saturated rings. The number of carbonyl (C=O) groups is 2. The van der Waals surface area contributed by atoms with Crippen molar-refractivity contribution in [2.45, 2.75) is 4.90 Å². The lowest BCUT2D eigenvalue weighted by Gasteiger charge is -2.08. The minimum atomic E-state index is -0.732. The van der Waals surface area contributed by atoms with Crippen molar-refractivity contribution in [2.24, 2.45) is 0 Å². The second-order valence-corrected chi connectivity index (χ2v) is 6.07. The van der Waals surface area contributed by atoms with Gasteiger partial charge in [-0.3, -0.25) is 30.6 Å². The van der Waals surface area contributed by atoms with Crippen LogP contribution in [0.15, 0.2) is 47.4 Å². The topological polar surface area (TPSA) is 101 Å². The standard InChI is InChI=1S/C15H11ClFN3O4S/c16-11-7-9(20(23)24)5-6-10(11)15(22)19-18-14(21)8-25-13-4-2-1-3-12(13)17/h1-7H,8H2,(H,18,21)(H,19,22). The third kappa shape index (κ3) is 5.16. The smallest absolute Gasteiger partial charge is 0.271 e. The first-order valence-electron chi connectivity index (χ1n) is 6.79. The lowest BCUT2D eigenvalue weighted by atomic mass is 10.2. The first kappa shape index (κ1) is 18.7. The molecule has 2 rings (SSSR count). The summed E-state index contributed by atoms with van der Waals surface area (Å²) in [5.74, 6) is -1.85. The van der Waals surface area contributed by atoms with E-state index in [1.54, 1.807) is 6.07 Å². The first-order chi connectivity index (χ1) is 11.9. The van der Waals surface area contributed by atoms with Crippen molar-refractivity contribution < 1.29 is 18.9 Å². The van der Waals surface area contributed by atoms with Crippen LogP contribution < -0.4 is 10.9 Å². The van der Waals surface area contributed by atoms with Gasteiger partial charge in [-0.05, 0) is 18.2 Å². The molecule has 0 heterocycles. The summed E-state index contributed by atoms with van der Waals surface area (Å²) < 4.78 is 13.4. The number of rotatable bonds is 5. The molecule has 25 heavy (non-hydrogen) atoms. The summed E-state index contributed by atoms with van der Waals surface area (Å²) in [4.78, 5) is 33.9. The number of hydrazine groups is 1. The van der Waals surface area contributed by atoms with Crippen molar-refractivity contribution in [1.82, 2.24) is 10.9 Å². The summed E-state index contributed by atoms with van der Waals surface area (Å²) in [7, 11) is 0. The predicted molar refractivity (Wildman–Crippen MR) is 90.8 cm³/mol. The van der Waals surface area contributed by atoms with E-state index in [1.807, 2.05) is 0 Å². The molecule has 0 saturated carbocycles. The minimum Gasteiger partial charge on any atom is -0.272 e. The molecule has 0 atom stereocenters. The Hall–Kier alpha value is -2.65. The van der Waals surface area contributed by atoms with Gasteiger partial charge in [-0.1, -0.05) is 23.7 Å². The van der Waals surface area contributed by atoms with Crippen LogP contribution in [-0.2, 0) is 4.79 Å². The van der Waals surface area contributed by atoms with Crippen LogP contribution in [0.25, 0.3) is 0 Å². The van der Waals surface area contributed by atoms with Crippen LogP contribution in [0.1, 0.15) is 10.4 Å². The lowest BCUT2D eigenvalue weighted by molar-refractivity contribution is -0.384. The molecule has 0 bridgehead atoms. The normalized spacial score (nSPS) is 10.2. The number of amides is 2. The molecule has 0 radical (unpaired) electrons. The molecule has 0 aliphatic heterocycles. The highest BCUT2D eigenvalue weighted by atomic mass is 35.5. The average molecular weight is 384 g/mol. The molecule has 7 nitrogen and oxygen atoms in total. The van der Waals surface area contributed by atoms with E-state index in [4.69, 9.17) is 11.6 Å². The number of nitro groups is 1. The van der Waals surface area contributed by atoms with Gasteiger partial charge in [0, 0.05) is 17.0 Å². The van der Waals surface area contributed by atoms with Gasteiger partial charge in [-0.2, -0.15) is 0 Å². The van der Waals surface area contributed by atoms with Crippen molar-refractivity contribution in [1.29, 1.82) is 0 Å². The van der Waals surface area contributed by atoms with E-state index < -0.39 is 22.6 Å². The Kier molecular flexibility index (Phi) is 6.31. The molecule has 0 saturated heterocycles. The van der Waals surface area contributed by atoms with Crippen molar-refractivity contribution in [2.75, 3.05) is 5.75 Å². The Morgan fingerprint density at radius 3 is 2.56 bits per heavy atom. The van der Waals surface area contributed by atoms with Crippen LogP contribution in [0.2, 0.25) is 5.02 Å². The van der Waals surface area contributed by atoms with Crippen LogP contribution in [0.3, 0.4) is 0 Å². The number of hydrogen-bond donors (Lipinski definition) is 2. The maximum absolute atomic E-state index is 13.4. The van der Waals surface area contributed by atoms with Crippen molar-refractivity contribution in [3.63, 3.8) is 0 Å². The number of halogens is 2. The predicted octanol–water partition coefficient (Wildman–Crippen LogP) is 2.94. The van der Waals surface area contributed by atoms with Gasteiger partial charge in [-0.15, -0.1) is 11.8 Å². The Balaban J connectivity index is 1.88. The van der Waals surface area contributed by atoms with E-state index in [0.29, 0.717) is 4.90 Å². The summed E-state index contributed by atoms with van der Waals surface area (Å²) in [6.07, 6.45) is 0. The fourth-order valence-corrected chi connectivity index (χ4v) is 2.74. The maximum Gasteiger partial charge on any atom is 0.271 e. The summed E-state index contributed by atoms with van der Waals surface area (Å²) in [6.45, 7) is 0. The zero-order valence-corrected chi connectivity index (χ0v) is 14.1. The average Bonchev–Trinajstić information content (AvgIpc) is 2.58. The number of carbonyl (C=O) groups excluding carboxylic acids is 2. The zero-order valence-electron chi connectivity index (χ0n) is 12.5. The van der Waals surface area contributed by atoms with Crippen molar-refractivity contribution in [3.8, 4) is 0 Å². The largest absolute Gasteiger partial charge is 0.272 e. The summed E-state index contributed by atoms with van der Waals surface area (Å²) in [5, 5.41) is 10.5. The lowest BCUT2D eigenvalue weighted by Crippen LogP contribution is -2.42. The molecule has 0 aromatic heterocycles. The Bertz CT molecular complexity index is 834. The number of non-ortho nitro benzene ring substituents is 1. The number of benzene rings is 2. The van der Waals surface area contributed by atoms with Gasteiger partial charge >= 0.3 is 0 Å². The quantitative estimate of drug-likeness (QED) is 0.469. The van der Waals surface area contributed by atoms with Crippen LogP contribution >= 0.6 is 23.4 Å². The highest BCUT2D eigenvalue weighted by Gasteiger charge is 2.15. The summed E-state index contributed by atoms with van der Waals surface area (Å²) >= 11 is 6.79. The highest BCUT2D eigenvalue weighted by Crippen LogP contribution is 2.22. The Labute approximate surface area is 150 Å². The van der Waals surface area contributed by atoms with Crippen LogP contribution in [-0.4, -0.2) is 22.5 Å². The fourth-order valence-electron chi connectivity index (χ4n) is 1.74. The van der Waals surface area contributed by atoms with E-state index >= 15 is 0 Å². The number of thioether (sulfide) groups is 1. The van der Waals surface area contributed by atoms with Gasteiger partial charge in [0.2, 0.25) is 5.91 Å². The number of nitro benzene ring substituents is 1. The van der Waals surface area contributed by atoms with Gasteiger partial charge in [0.05, 0.1) is 21.3 Å².